The topological polar surface area (TPSA) is 43.8 Å². The number of carbonyl (C=O) groups excluding carboxylic acids is 1. The first-order valence-corrected chi connectivity index (χ1v) is 6.61. The smallest absolute Gasteiger partial charge is 0.257 e. The fourth-order valence-corrected chi connectivity index (χ4v) is 2.41. The van der Waals surface area contributed by atoms with E-state index >= 15 is 0 Å². The van der Waals surface area contributed by atoms with E-state index in [4.69, 9.17) is 0 Å². The molecule has 1 aliphatic heterocycles. The second-order valence-corrected chi connectivity index (χ2v) is 5.98. The fraction of sp³-hybridized carbons (Fsp3) is 0.533. The number of benzene rings is 1. The maximum Gasteiger partial charge on any atom is 0.257 e. The van der Waals surface area contributed by atoms with Crippen LogP contribution < -0.4 is 0 Å². The summed E-state index contributed by atoms with van der Waals surface area (Å²) >= 11 is 0. The van der Waals surface area contributed by atoms with Crippen molar-refractivity contribution in [2.45, 2.75) is 26.3 Å². The van der Waals surface area contributed by atoms with Crippen molar-refractivity contribution < 1.29 is 9.90 Å². The van der Waals surface area contributed by atoms with Crippen LogP contribution in [0.4, 0.5) is 0 Å². The van der Waals surface area contributed by atoms with Crippen molar-refractivity contribution in [3.8, 4) is 5.75 Å². The highest BCUT2D eigenvalue weighted by molar-refractivity contribution is 5.97. The molecule has 0 aromatic heterocycles. The van der Waals surface area contributed by atoms with E-state index in [0.29, 0.717) is 18.7 Å². The first kappa shape index (κ1) is 13.9. The summed E-state index contributed by atoms with van der Waals surface area (Å²) in [7, 11) is 2.08. The Hall–Kier alpha value is -1.55. The molecule has 0 spiro atoms. The molecule has 1 aromatic rings. The van der Waals surface area contributed by atoms with Gasteiger partial charge in [0.1, 0.15) is 5.75 Å². The number of hydrogen-bond donors (Lipinski definition) is 1. The van der Waals surface area contributed by atoms with Crippen molar-refractivity contribution in [1.29, 1.82) is 0 Å². The predicted octanol–water partition coefficient (Wildman–Crippen LogP) is 1.87. The van der Waals surface area contributed by atoms with E-state index in [0.717, 1.165) is 12.1 Å². The molecule has 0 saturated carbocycles. The average Bonchev–Trinajstić information content (AvgIpc) is 2.35. The zero-order chi connectivity index (χ0) is 14.2. The molecule has 0 unspecified atom stereocenters. The van der Waals surface area contributed by atoms with E-state index in [2.05, 4.69) is 25.8 Å². The molecule has 1 aromatic carbocycles. The number of likely N-dealkylation sites (N-methyl/N-ethyl adjacent to an activating group) is 1. The average molecular weight is 262 g/mol. The lowest BCUT2D eigenvalue weighted by molar-refractivity contribution is 0.0309. The maximum atomic E-state index is 12.5. The monoisotopic (exact) mass is 262 g/mol. The van der Waals surface area contributed by atoms with Gasteiger partial charge >= 0.3 is 0 Å². The molecule has 1 fully saturated rings. The van der Waals surface area contributed by atoms with Gasteiger partial charge in [0.2, 0.25) is 0 Å². The number of aromatic hydroxyl groups is 1. The number of aryl methyl sites for hydroxylation is 1. The van der Waals surface area contributed by atoms with Gasteiger partial charge in [-0.1, -0.05) is 11.6 Å². The molecule has 0 atom stereocenters. The minimum atomic E-state index is -0.0811. The van der Waals surface area contributed by atoms with Crippen LogP contribution in [-0.4, -0.2) is 53.0 Å². The van der Waals surface area contributed by atoms with Crippen molar-refractivity contribution >= 4 is 5.91 Å². The number of phenolic OH excluding ortho intramolecular Hbond substituents is 1. The van der Waals surface area contributed by atoms with Crippen LogP contribution in [0.5, 0.6) is 5.75 Å². The Balaban J connectivity index is 2.23. The Morgan fingerprint density at radius 3 is 2.63 bits per heavy atom. The second-order valence-electron chi connectivity index (χ2n) is 5.98. The molecule has 0 radical (unpaired) electrons. The van der Waals surface area contributed by atoms with Gasteiger partial charge in [-0.15, -0.1) is 0 Å². The summed E-state index contributed by atoms with van der Waals surface area (Å²) in [6.45, 7) is 8.41. The lowest BCUT2D eigenvalue weighted by Crippen LogP contribution is -2.58. The number of nitrogens with zero attached hydrogens (tertiary/aromatic N) is 2. The van der Waals surface area contributed by atoms with E-state index in [1.807, 2.05) is 11.8 Å². The molecule has 1 heterocycles. The minimum absolute atomic E-state index is 0.0344. The van der Waals surface area contributed by atoms with Gasteiger partial charge in [-0.25, -0.2) is 0 Å². The van der Waals surface area contributed by atoms with Crippen LogP contribution in [0.2, 0.25) is 0 Å². The fourth-order valence-electron chi connectivity index (χ4n) is 2.41. The molecule has 2 rings (SSSR count). The molecule has 0 bridgehead atoms. The zero-order valence-electron chi connectivity index (χ0n) is 12.1. The summed E-state index contributed by atoms with van der Waals surface area (Å²) in [5.41, 5.74) is 1.35. The molecular weight excluding hydrogens is 240 g/mol. The van der Waals surface area contributed by atoms with E-state index in [1.165, 1.54) is 0 Å². The molecule has 104 valence electrons. The van der Waals surface area contributed by atoms with E-state index in [9.17, 15) is 9.90 Å². The Morgan fingerprint density at radius 1 is 1.32 bits per heavy atom. The number of phenols is 1. The zero-order valence-corrected chi connectivity index (χ0v) is 12.1. The van der Waals surface area contributed by atoms with Gasteiger partial charge in [0, 0.05) is 25.2 Å². The van der Waals surface area contributed by atoms with Crippen LogP contribution in [0, 0.1) is 6.92 Å². The van der Waals surface area contributed by atoms with Gasteiger partial charge in [0.25, 0.3) is 5.91 Å². The largest absolute Gasteiger partial charge is 0.507 e. The quantitative estimate of drug-likeness (QED) is 0.840. The third-order valence-corrected chi connectivity index (χ3v) is 3.99. The maximum absolute atomic E-state index is 12.5. The number of rotatable bonds is 1. The van der Waals surface area contributed by atoms with Crippen molar-refractivity contribution in [1.82, 2.24) is 9.80 Å². The van der Waals surface area contributed by atoms with Gasteiger partial charge in [-0.2, -0.15) is 0 Å². The normalized spacial score (nSPS) is 19.5. The Morgan fingerprint density at radius 2 is 2.00 bits per heavy atom. The summed E-state index contributed by atoms with van der Waals surface area (Å²) < 4.78 is 0. The summed E-state index contributed by atoms with van der Waals surface area (Å²) in [6.07, 6.45) is 0. The molecular formula is C15H22N2O2. The third-order valence-electron chi connectivity index (χ3n) is 3.99. The summed E-state index contributed by atoms with van der Waals surface area (Å²) in [5.74, 6) is -0.0188. The van der Waals surface area contributed by atoms with Gasteiger partial charge in [0.05, 0.1) is 5.56 Å². The number of hydrogen-bond acceptors (Lipinski definition) is 3. The van der Waals surface area contributed by atoms with E-state index in [1.54, 1.807) is 18.2 Å². The molecule has 1 N–H and O–H groups in total. The SMILES string of the molecule is Cc1ccc(O)c(C(=O)N2CCN(C)C(C)(C)C2)c1. The van der Waals surface area contributed by atoms with Crippen LogP contribution >= 0.6 is 0 Å². The van der Waals surface area contributed by atoms with Crippen LogP contribution in [0.25, 0.3) is 0 Å². The molecule has 19 heavy (non-hydrogen) atoms. The van der Waals surface area contributed by atoms with Gasteiger partial charge in [0.15, 0.2) is 0 Å². The molecule has 4 heteroatoms. The molecule has 1 aliphatic rings. The standard InChI is InChI=1S/C15H22N2O2/c1-11-5-6-13(18)12(9-11)14(19)17-8-7-16(4)15(2,3)10-17/h5-6,9,18H,7-8,10H2,1-4H3. The van der Waals surface area contributed by atoms with Crippen LogP contribution in [0.1, 0.15) is 29.8 Å². The van der Waals surface area contributed by atoms with Crippen molar-refractivity contribution in [2.75, 3.05) is 26.7 Å². The highest BCUT2D eigenvalue weighted by atomic mass is 16.3. The molecule has 1 amide bonds. The predicted molar refractivity (Wildman–Crippen MR) is 75.5 cm³/mol. The molecule has 1 saturated heterocycles. The number of amides is 1. The summed E-state index contributed by atoms with van der Waals surface area (Å²) in [5, 5.41) is 9.86. The van der Waals surface area contributed by atoms with Gasteiger partial charge in [-0.3, -0.25) is 9.69 Å². The van der Waals surface area contributed by atoms with Gasteiger partial charge in [-0.05, 0) is 40.0 Å². The lowest BCUT2D eigenvalue weighted by atomic mass is 9.98. The van der Waals surface area contributed by atoms with E-state index in [-0.39, 0.29) is 17.2 Å². The first-order chi connectivity index (χ1) is 8.81. The Kier molecular flexibility index (Phi) is 3.54. The Labute approximate surface area is 114 Å². The van der Waals surface area contributed by atoms with Crippen molar-refractivity contribution in [3.63, 3.8) is 0 Å². The van der Waals surface area contributed by atoms with Crippen LogP contribution in [0.15, 0.2) is 18.2 Å². The Bertz CT molecular complexity index is 497. The first-order valence-electron chi connectivity index (χ1n) is 6.61. The minimum Gasteiger partial charge on any atom is -0.507 e. The van der Waals surface area contributed by atoms with Gasteiger partial charge < -0.3 is 10.0 Å². The summed E-state index contributed by atoms with van der Waals surface area (Å²) in [4.78, 5) is 16.6. The van der Waals surface area contributed by atoms with Crippen molar-refractivity contribution in [3.05, 3.63) is 29.3 Å². The molecule has 4 nitrogen and oxygen atoms in total. The van der Waals surface area contributed by atoms with E-state index < -0.39 is 0 Å². The lowest BCUT2D eigenvalue weighted by Gasteiger charge is -2.45. The summed E-state index contributed by atoms with van der Waals surface area (Å²) in [6, 6.07) is 5.15. The third kappa shape index (κ3) is 2.73. The highest BCUT2D eigenvalue weighted by Crippen LogP contribution is 2.24. The molecule has 0 aliphatic carbocycles. The van der Waals surface area contributed by atoms with Crippen LogP contribution in [-0.2, 0) is 0 Å². The number of piperazine rings is 1. The van der Waals surface area contributed by atoms with Crippen molar-refractivity contribution in [2.24, 2.45) is 0 Å². The van der Waals surface area contributed by atoms with Crippen LogP contribution in [0.3, 0.4) is 0 Å². The number of carbonyl (C=O) groups is 1. The second kappa shape index (κ2) is 4.85. The highest BCUT2D eigenvalue weighted by Gasteiger charge is 2.34.